The average molecular weight is 182 g/mol. The summed E-state index contributed by atoms with van der Waals surface area (Å²) < 4.78 is 4.89. The molecule has 0 aromatic heterocycles. The summed E-state index contributed by atoms with van der Waals surface area (Å²) in [4.78, 5) is 10.5. The fraction of sp³-hybridized carbons (Fsp3) is 0.125. The maximum Gasteiger partial charge on any atom is 0.316 e. The molecule has 5 nitrogen and oxygen atoms in total. The summed E-state index contributed by atoms with van der Waals surface area (Å²) in [6, 6.07) is 3.72. The molecule has 0 spiro atoms. The summed E-state index contributed by atoms with van der Waals surface area (Å²) >= 11 is 0. The molecule has 0 bridgehead atoms. The van der Waals surface area contributed by atoms with Crippen LogP contribution in [0.15, 0.2) is 18.2 Å². The Balaban J connectivity index is 2.96. The van der Waals surface area contributed by atoms with E-state index in [4.69, 9.17) is 10.5 Å². The summed E-state index contributed by atoms with van der Waals surface area (Å²) in [5.41, 5.74) is 5.11. The largest absolute Gasteiger partial charge is 0.506 e. The molecule has 0 aliphatic heterocycles. The predicted octanol–water partition coefficient (Wildman–Crippen LogP) is 0.891. The van der Waals surface area contributed by atoms with Crippen LogP contribution in [0.4, 0.5) is 10.5 Å². The second-order valence-corrected chi connectivity index (χ2v) is 2.37. The Kier molecular flexibility index (Phi) is 2.59. The van der Waals surface area contributed by atoms with E-state index in [2.05, 4.69) is 5.32 Å². The zero-order valence-electron chi connectivity index (χ0n) is 7.07. The third-order valence-corrected chi connectivity index (χ3v) is 1.46. The molecule has 0 aliphatic carbocycles. The molecule has 4 N–H and O–H groups in total. The summed E-state index contributed by atoms with van der Waals surface area (Å²) in [6.07, 6.45) is 0. The minimum Gasteiger partial charge on any atom is -0.506 e. The van der Waals surface area contributed by atoms with Gasteiger partial charge in [0.2, 0.25) is 0 Å². The molecule has 0 radical (unpaired) electrons. The van der Waals surface area contributed by atoms with Gasteiger partial charge in [-0.2, -0.15) is 0 Å². The number of hydrogen-bond acceptors (Lipinski definition) is 3. The van der Waals surface area contributed by atoms with E-state index in [9.17, 15) is 9.90 Å². The number of anilines is 1. The summed E-state index contributed by atoms with van der Waals surface area (Å²) in [5, 5.41) is 11.5. The third kappa shape index (κ3) is 2.26. The first-order valence-corrected chi connectivity index (χ1v) is 3.57. The number of phenolic OH excluding ortho intramolecular Hbond substituents is 1. The molecule has 0 aliphatic rings. The number of carbonyl (C=O) groups excluding carboxylic acids is 1. The van der Waals surface area contributed by atoms with Crippen LogP contribution in [0.25, 0.3) is 0 Å². The minimum absolute atomic E-state index is 0.0559. The number of ether oxygens (including phenoxy) is 1. The van der Waals surface area contributed by atoms with Gasteiger partial charge in [0.05, 0.1) is 12.8 Å². The molecule has 0 heterocycles. The highest BCUT2D eigenvalue weighted by Crippen LogP contribution is 2.27. The van der Waals surface area contributed by atoms with Gasteiger partial charge in [-0.1, -0.05) is 0 Å². The van der Waals surface area contributed by atoms with E-state index < -0.39 is 6.03 Å². The number of amides is 2. The van der Waals surface area contributed by atoms with Crippen molar-refractivity contribution in [3.05, 3.63) is 18.2 Å². The van der Waals surface area contributed by atoms with Crippen LogP contribution in [0.3, 0.4) is 0 Å². The Morgan fingerprint density at radius 2 is 2.31 bits per heavy atom. The molecule has 0 saturated heterocycles. The number of aromatic hydroxyl groups is 1. The van der Waals surface area contributed by atoms with E-state index in [1.807, 2.05) is 0 Å². The van der Waals surface area contributed by atoms with Crippen molar-refractivity contribution in [2.24, 2.45) is 5.73 Å². The highest BCUT2D eigenvalue weighted by atomic mass is 16.5. The molecule has 1 aromatic carbocycles. The third-order valence-electron chi connectivity index (χ3n) is 1.46. The van der Waals surface area contributed by atoms with Crippen LogP contribution in [0, 0.1) is 0 Å². The number of methoxy groups -OCH3 is 1. The molecule has 0 fully saturated rings. The predicted molar refractivity (Wildman–Crippen MR) is 47.9 cm³/mol. The lowest BCUT2D eigenvalue weighted by Crippen LogP contribution is -2.19. The molecule has 1 aromatic rings. The first kappa shape index (κ1) is 9.18. The van der Waals surface area contributed by atoms with Crippen LogP contribution in [0.5, 0.6) is 11.5 Å². The van der Waals surface area contributed by atoms with Gasteiger partial charge < -0.3 is 20.9 Å². The van der Waals surface area contributed by atoms with E-state index in [1.165, 1.54) is 19.2 Å². The van der Waals surface area contributed by atoms with Crippen LogP contribution in [-0.4, -0.2) is 18.2 Å². The number of carbonyl (C=O) groups is 1. The topological polar surface area (TPSA) is 84.6 Å². The first-order chi connectivity index (χ1) is 6.13. The molecule has 0 unspecified atom stereocenters. The lowest BCUT2D eigenvalue weighted by Gasteiger charge is -2.06. The van der Waals surface area contributed by atoms with Gasteiger partial charge >= 0.3 is 6.03 Å². The number of urea groups is 1. The van der Waals surface area contributed by atoms with Crippen molar-refractivity contribution in [1.29, 1.82) is 0 Å². The van der Waals surface area contributed by atoms with Crippen LogP contribution < -0.4 is 15.8 Å². The van der Waals surface area contributed by atoms with Crippen molar-refractivity contribution in [3.8, 4) is 11.5 Å². The van der Waals surface area contributed by atoms with E-state index >= 15 is 0 Å². The number of nitrogens with one attached hydrogen (secondary N) is 1. The molecule has 1 rings (SSSR count). The number of rotatable bonds is 2. The minimum atomic E-state index is -0.733. The van der Waals surface area contributed by atoms with Gasteiger partial charge in [-0.15, -0.1) is 0 Å². The fourth-order valence-electron chi connectivity index (χ4n) is 0.875. The van der Waals surface area contributed by atoms with E-state index in [1.54, 1.807) is 6.07 Å². The van der Waals surface area contributed by atoms with Gasteiger partial charge in [-0.3, -0.25) is 0 Å². The van der Waals surface area contributed by atoms with E-state index in [0.717, 1.165) is 0 Å². The lowest BCUT2D eigenvalue weighted by atomic mass is 10.3. The van der Waals surface area contributed by atoms with Gasteiger partial charge in [0.15, 0.2) is 0 Å². The van der Waals surface area contributed by atoms with E-state index in [-0.39, 0.29) is 11.4 Å². The molecule has 0 atom stereocenters. The number of primary amides is 1. The fourth-order valence-corrected chi connectivity index (χ4v) is 0.875. The lowest BCUT2D eigenvalue weighted by molar-refractivity contribution is 0.259. The summed E-state index contributed by atoms with van der Waals surface area (Å²) in [5.74, 6) is 0.473. The second-order valence-electron chi connectivity index (χ2n) is 2.37. The van der Waals surface area contributed by atoms with Gasteiger partial charge in [0, 0.05) is 6.07 Å². The average Bonchev–Trinajstić information content (AvgIpc) is 2.08. The van der Waals surface area contributed by atoms with Crippen molar-refractivity contribution in [1.82, 2.24) is 0 Å². The molecule has 0 saturated carbocycles. The van der Waals surface area contributed by atoms with Crippen molar-refractivity contribution in [2.45, 2.75) is 0 Å². The van der Waals surface area contributed by atoms with Crippen molar-refractivity contribution >= 4 is 11.7 Å². The number of hydrogen-bond donors (Lipinski definition) is 3. The first-order valence-electron chi connectivity index (χ1n) is 3.57. The quantitative estimate of drug-likeness (QED) is 0.594. The van der Waals surface area contributed by atoms with Crippen LogP contribution in [0.2, 0.25) is 0 Å². The smallest absolute Gasteiger partial charge is 0.316 e. The second kappa shape index (κ2) is 3.66. The Hall–Kier alpha value is -1.91. The van der Waals surface area contributed by atoms with Crippen molar-refractivity contribution < 1.29 is 14.6 Å². The molecule has 13 heavy (non-hydrogen) atoms. The number of nitrogens with two attached hydrogens (primary N) is 1. The van der Waals surface area contributed by atoms with Gasteiger partial charge in [-0.25, -0.2) is 4.79 Å². The van der Waals surface area contributed by atoms with Crippen LogP contribution in [0.1, 0.15) is 0 Å². The van der Waals surface area contributed by atoms with Gasteiger partial charge in [-0.05, 0) is 12.1 Å². The zero-order valence-corrected chi connectivity index (χ0v) is 7.07. The Labute approximate surface area is 75.1 Å². The SMILES string of the molecule is COc1ccc(O)c(NC(N)=O)c1. The number of phenols is 1. The summed E-state index contributed by atoms with van der Waals surface area (Å²) in [6.45, 7) is 0. The molecule has 2 amide bonds. The van der Waals surface area contributed by atoms with Gasteiger partial charge in [0.25, 0.3) is 0 Å². The highest BCUT2D eigenvalue weighted by Gasteiger charge is 2.04. The zero-order chi connectivity index (χ0) is 9.84. The van der Waals surface area contributed by atoms with Crippen molar-refractivity contribution in [3.63, 3.8) is 0 Å². The van der Waals surface area contributed by atoms with Crippen LogP contribution >= 0.6 is 0 Å². The molecule has 70 valence electrons. The number of benzene rings is 1. The van der Waals surface area contributed by atoms with Crippen molar-refractivity contribution in [2.75, 3.05) is 12.4 Å². The maximum absolute atomic E-state index is 10.5. The monoisotopic (exact) mass is 182 g/mol. The Morgan fingerprint density at radius 1 is 1.62 bits per heavy atom. The Morgan fingerprint density at radius 3 is 2.85 bits per heavy atom. The van der Waals surface area contributed by atoms with Crippen LogP contribution in [-0.2, 0) is 0 Å². The van der Waals surface area contributed by atoms with Gasteiger partial charge in [0.1, 0.15) is 11.5 Å². The molecule has 5 heteroatoms. The Bertz CT molecular complexity index is 325. The summed E-state index contributed by atoms with van der Waals surface area (Å²) in [7, 11) is 1.49. The normalized spacial score (nSPS) is 9.31. The maximum atomic E-state index is 10.5. The highest BCUT2D eigenvalue weighted by molar-refractivity contribution is 5.89. The molecular formula is C8H10N2O3. The molecular weight excluding hydrogens is 172 g/mol. The van der Waals surface area contributed by atoms with E-state index in [0.29, 0.717) is 5.75 Å². The standard InChI is InChI=1S/C8H10N2O3/c1-13-5-2-3-7(11)6(4-5)10-8(9)12/h2-4,11H,1H3,(H3,9,10,12).